The Morgan fingerprint density at radius 2 is 2.16 bits per heavy atom. The summed E-state index contributed by atoms with van der Waals surface area (Å²) >= 11 is 0. The highest BCUT2D eigenvalue weighted by molar-refractivity contribution is 5.61. The number of aromatic amines is 1. The molecule has 0 atom stereocenters. The zero-order valence-electron chi connectivity index (χ0n) is 10.4. The topological polar surface area (TPSA) is 78.5 Å². The highest BCUT2D eigenvalue weighted by Crippen LogP contribution is 2.35. The Kier molecular flexibility index (Phi) is 3.20. The molecule has 7 heteroatoms. The van der Waals surface area contributed by atoms with Crippen LogP contribution in [0.3, 0.4) is 0 Å². The van der Waals surface area contributed by atoms with Crippen LogP contribution in [-0.4, -0.2) is 42.3 Å². The maximum absolute atomic E-state index is 5.31. The maximum atomic E-state index is 5.31. The summed E-state index contributed by atoms with van der Waals surface area (Å²) in [4.78, 5) is 4.24. The average Bonchev–Trinajstić information content (AvgIpc) is 3.06. The lowest BCUT2D eigenvalue weighted by molar-refractivity contribution is 0.141. The Morgan fingerprint density at radius 3 is 3.05 bits per heavy atom. The number of ether oxygens (including phenoxy) is 4. The number of hydrogen-bond acceptors (Lipinski definition) is 6. The van der Waals surface area contributed by atoms with E-state index >= 15 is 0 Å². The number of H-pyrrole nitrogens is 1. The van der Waals surface area contributed by atoms with E-state index in [1.54, 1.807) is 7.11 Å². The first kappa shape index (κ1) is 11.8. The molecule has 0 amide bonds. The van der Waals surface area contributed by atoms with Crippen molar-refractivity contribution < 1.29 is 18.9 Å². The largest absolute Gasteiger partial charge is 0.460 e. The normalized spacial score (nSPS) is 12.7. The average molecular weight is 263 g/mol. The van der Waals surface area contributed by atoms with E-state index < -0.39 is 0 Å². The molecule has 19 heavy (non-hydrogen) atoms. The minimum absolute atomic E-state index is 0.251. The molecule has 0 aliphatic carbocycles. The van der Waals surface area contributed by atoms with E-state index in [0.29, 0.717) is 30.8 Å². The summed E-state index contributed by atoms with van der Waals surface area (Å²) in [5.74, 6) is 2.06. The van der Waals surface area contributed by atoms with E-state index in [2.05, 4.69) is 15.2 Å². The SMILES string of the molecule is COCCOc1n[nH]c(-c2ccc3c(c2)OCO3)n1. The quantitative estimate of drug-likeness (QED) is 0.817. The third-order valence-electron chi connectivity index (χ3n) is 2.63. The third-order valence-corrected chi connectivity index (χ3v) is 2.63. The second-order valence-corrected chi connectivity index (χ2v) is 3.88. The molecule has 1 aromatic carbocycles. The summed E-state index contributed by atoms with van der Waals surface area (Å²) in [5.41, 5.74) is 0.860. The van der Waals surface area contributed by atoms with Gasteiger partial charge in [0.05, 0.1) is 6.61 Å². The van der Waals surface area contributed by atoms with Crippen LogP contribution in [0.5, 0.6) is 17.5 Å². The van der Waals surface area contributed by atoms with Crippen molar-refractivity contribution in [3.05, 3.63) is 18.2 Å². The van der Waals surface area contributed by atoms with Gasteiger partial charge < -0.3 is 18.9 Å². The fourth-order valence-corrected chi connectivity index (χ4v) is 1.70. The number of nitrogens with zero attached hydrogens (tertiary/aromatic N) is 2. The Bertz CT molecular complexity index is 570. The lowest BCUT2D eigenvalue weighted by Crippen LogP contribution is -2.05. The van der Waals surface area contributed by atoms with Crippen LogP contribution >= 0.6 is 0 Å². The fourth-order valence-electron chi connectivity index (χ4n) is 1.70. The molecule has 1 N–H and O–H groups in total. The fraction of sp³-hybridized carbons (Fsp3) is 0.333. The number of fused-ring (bicyclic) bond motifs is 1. The zero-order chi connectivity index (χ0) is 13.1. The van der Waals surface area contributed by atoms with Crippen molar-refractivity contribution >= 4 is 0 Å². The van der Waals surface area contributed by atoms with Gasteiger partial charge in [-0.3, -0.25) is 5.10 Å². The molecule has 100 valence electrons. The maximum Gasteiger partial charge on any atom is 0.335 e. The number of methoxy groups -OCH3 is 1. The predicted octanol–water partition coefficient (Wildman–Crippen LogP) is 1.23. The number of hydrogen-bond donors (Lipinski definition) is 1. The van der Waals surface area contributed by atoms with Crippen LogP contribution in [0.2, 0.25) is 0 Å². The summed E-state index contributed by atoms with van der Waals surface area (Å²) in [5, 5.41) is 6.79. The zero-order valence-corrected chi connectivity index (χ0v) is 10.4. The van der Waals surface area contributed by atoms with Gasteiger partial charge in [0.25, 0.3) is 0 Å². The van der Waals surface area contributed by atoms with E-state index in [0.717, 1.165) is 11.3 Å². The van der Waals surface area contributed by atoms with Crippen LogP contribution in [0.4, 0.5) is 0 Å². The number of aromatic nitrogens is 3. The van der Waals surface area contributed by atoms with Gasteiger partial charge in [-0.1, -0.05) is 0 Å². The van der Waals surface area contributed by atoms with E-state index in [1.807, 2.05) is 18.2 Å². The van der Waals surface area contributed by atoms with Crippen molar-refractivity contribution in [2.24, 2.45) is 0 Å². The van der Waals surface area contributed by atoms with Crippen molar-refractivity contribution in [2.75, 3.05) is 27.1 Å². The molecule has 1 aliphatic rings. The molecule has 0 spiro atoms. The lowest BCUT2D eigenvalue weighted by Gasteiger charge is -1.99. The Morgan fingerprint density at radius 1 is 1.26 bits per heavy atom. The van der Waals surface area contributed by atoms with Gasteiger partial charge in [0.15, 0.2) is 17.3 Å². The smallest absolute Gasteiger partial charge is 0.335 e. The highest BCUT2D eigenvalue weighted by Gasteiger charge is 2.15. The first-order valence-corrected chi connectivity index (χ1v) is 5.81. The second kappa shape index (κ2) is 5.15. The number of benzene rings is 1. The molecule has 0 saturated heterocycles. The van der Waals surface area contributed by atoms with Crippen LogP contribution in [0.25, 0.3) is 11.4 Å². The van der Waals surface area contributed by atoms with Gasteiger partial charge in [0.1, 0.15) is 6.61 Å². The van der Waals surface area contributed by atoms with Crippen molar-refractivity contribution in [1.82, 2.24) is 15.2 Å². The van der Waals surface area contributed by atoms with Gasteiger partial charge in [-0.15, -0.1) is 5.10 Å². The van der Waals surface area contributed by atoms with Gasteiger partial charge in [0, 0.05) is 12.7 Å². The molecule has 2 aromatic rings. The van der Waals surface area contributed by atoms with Gasteiger partial charge in [-0.2, -0.15) is 4.98 Å². The van der Waals surface area contributed by atoms with E-state index in [9.17, 15) is 0 Å². The van der Waals surface area contributed by atoms with Crippen LogP contribution in [0.15, 0.2) is 18.2 Å². The van der Waals surface area contributed by atoms with Crippen molar-refractivity contribution in [1.29, 1.82) is 0 Å². The first-order chi connectivity index (χ1) is 9.36. The van der Waals surface area contributed by atoms with Crippen LogP contribution < -0.4 is 14.2 Å². The first-order valence-electron chi connectivity index (χ1n) is 5.81. The van der Waals surface area contributed by atoms with Gasteiger partial charge in [0.2, 0.25) is 6.79 Å². The van der Waals surface area contributed by atoms with Crippen molar-refractivity contribution in [2.45, 2.75) is 0 Å². The molecule has 2 heterocycles. The molecule has 0 unspecified atom stereocenters. The lowest BCUT2D eigenvalue weighted by atomic mass is 10.2. The van der Waals surface area contributed by atoms with E-state index in [-0.39, 0.29) is 6.79 Å². The van der Waals surface area contributed by atoms with Gasteiger partial charge in [-0.25, -0.2) is 0 Å². The molecule has 1 aromatic heterocycles. The number of rotatable bonds is 5. The van der Waals surface area contributed by atoms with E-state index in [4.69, 9.17) is 18.9 Å². The highest BCUT2D eigenvalue weighted by atomic mass is 16.7. The Labute approximate surface area is 109 Å². The molecule has 7 nitrogen and oxygen atoms in total. The van der Waals surface area contributed by atoms with Crippen molar-refractivity contribution in [3.63, 3.8) is 0 Å². The molecular weight excluding hydrogens is 250 g/mol. The Balaban J connectivity index is 1.75. The standard InChI is InChI=1S/C12H13N3O4/c1-16-4-5-17-12-13-11(14-15-12)8-2-3-9-10(6-8)19-7-18-9/h2-3,6H,4-5,7H2,1H3,(H,13,14,15). The van der Waals surface area contributed by atoms with Gasteiger partial charge >= 0.3 is 6.01 Å². The van der Waals surface area contributed by atoms with E-state index in [1.165, 1.54) is 0 Å². The summed E-state index contributed by atoms with van der Waals surface area (Å²) in [6.45, 7) is 1.16. The molecule has 0 fully saturated rings. The molecule has 1 aliphatic heterocycles. The Hall–Kier alpha value is -2.28. The monoisotopic (exact) mass is 263 g/mol. The second-order valence-electron chi connectivity index (χ2n) is 3.88. The van der Waals surface area contributed by atoms with Crippen LogP contribution in [-0.2, 0) is 4.74 Å². The summed E-state index contributed by atoms with van der Waals surface area (Å²) in [7, 11) is 1.61. The molecule has 0 saturated carbocycles. The molecule has 0 radical (unpaired) electrons. The molecule has 0 bridgehead atoms. The summed E-state index contributed by atoms with van der Waals surface area (Å²) in [6.07, 6.45) is 0. The minimum atomic E-state index is 0.251. The minimum Gasteiger partial charge on any atom is -0.460 e. The van der Waals surface area contributed by atoms with Crippen LogP contribution in [0.1, 0.15) is 0 Å². The molecular formula is C12H13N3O4. The van der Waals surface area contributed by atoms with Crippen molar-refractivity contribution in [3.8, 4) is 28.9 Å². The number of nitrogens with one attached hydrogen (secondary N) is 1. The summed E-state index contributed by atoms with van der Waals surface area (Å²) < 4.78 is 20.8. The summed E-state index contributed by atoms with van der Waals surface area (Å²) in [6, 6.07) is 5.87. The van der Waals surface area contributed by atoms with Crippen LogP contribution in [0, 0.1) is 0 Å². The third kappa shape index (κ3) is 2.45. The molecule has 3 rings (SSSR count). The predicted molar refractivity (Wildman–Crippen MR) is 65.3 cm³/mol. The van der Waals surface area contributed by atoms with Gasteiger partial charge in [-0.05, 0) is 18.2 Å².